The van der Waals surface area contributed by atoms with Crippen LogP contribution in [0.4, 0.5) is 0 Å². The Balaban J connectivity index is 1.32. The molecule has 0 spiro atoms. The monoisotopic (exact) mass is 845 g/mol. The van der Waals surface area contributed by atoms with Gasteiger partial charge >= 0.3 is 7.60 Å². The van der Waals surface area contributed by atoms with Crippen molar-refractivity contribution in [3.05, 3.63) is 64.3 Å². The largest absolute Gasteiger partial charge is 0.490 e. The minimum absolute atomic E-state index is 0.0186. The first-order valence-corrected chi connectivity index (χ1v) is 20.6. The quantitative estimate of drug-likeness (QED) is 0.0567. The number of fused-ring (bicyclic) bond motifs is 1. The van der Waals surface area contributed by atoms with Crippen LogP contribution in [0.15, 0.2) is 42.5 Å². The van der Waals surface area contributed by atoms with Crippen LogP contribution >= 0.6 is 19.2 Å². The number of nitrogens with one attached hydrogen (secondary N) is 3. The summed E-state index contributed by atoms with van der Waals surface area (Å²) in [4.78, 5) is 111. The zero-order valence-corrected chi connectivity index (χ0v) is 33.8. The molecule has 20 heteroatoms. The lowest BCUT2D eigenvalue weighted by Crippen LogP contribution is -2.45. The van der Waals surface area contributed by atoms with E-state index in [4.69, 9.17) is 27.8 Å². The fourth-order valence-electron chi connectivity index (χ4n) is 6.80. The third-order valence-corrected chi connectivity index (χ3v) is 11.0. The van der Waals surface area contributed by atoms with E-state index < -0.39 is 48.8 Å². The van der Waals surface area contributed by atoms with E-state index in [0.717, 1.165) is 5.56 Å². The maximum atomic E-state index is 13.5. The van der Waals surface area contributed by atoms with E-state index in [1.807, 2.05) is 6.07 Å². The molecule has 3 aromatic rings. The van der Waals surface area contributed by atoms with E-state index >= 15 is 0 Å². The van der Waals surface area contributed by atoms with Crippen molar-refractivity contribution < 1.29 is 52.7 Å². The Morgan fingerprint density at radius 2 is 1.81 bits per heavy atom. The highest BCUT2D eigenvalue weighted by Gasteiger charge is 2.36. The number of primary amides is 2. The van der Waals surface area contributed by atoms with Gasteiger partial charge < -0.3 is 51.4 Å². The molecule has 1 aliphatic rings. The first-order chi connectivity index (χ1) is 27.4. The Morgan fingerprint density at radius 3 is 2.47 bits per heavy atom. The number of amides is 6. The van der Waals surface area contributed by atoms with Crippen molar-refractivity contribution >= 4 is 71.6 Å². The van der Waals surface area contributed by atoms with Gasteiger partial charge in [0.1, 0.15) is 18.1 Å². The highest BCUT2D eigenvalue weighted by molar-refractivity contribution is 7.70. The van der Waals surface area contributed by atoms with Gasteiger partial charge in [0.15, 0.2) is 0 Å². The first kappa shape index (κ1) is 45.4. The predicted octanol–water partition coefficient (Wildman–Crippen LogP) is 1.98. The van der Waals surface area contributed by atoms with Crippen LogP contribution in [0.25, 0.3) is 10.9 Å². The van der Waals surface area contributed by atoms with Gasteiger partial charge in [-0.05, 0) is 74.9 Å². The summed E-state index contributed by atoms with van der Waals surface area (Å²) in [7, 11) is -4.99. The molecule has 2 heterocycles. The molecular formula is C38H49ClN7O11P. The molecule has 0 aliphatic carbocycles. The van der Waals surface area contributed by atoms with E-state index in [1.54, 1.807) is 19.1 Å². The minimum atomic E-state index is -4.99. The van der Waals surface area contributed by atoms with Crippen LogP contribution in [0, 0.1) is 5.92 Å². The van der Waals surface area contributed by atoms with E-state index in [-0.39, 0.29) is 74.6 Å². The molecule has 1 saturated heterocycles. The van der Waals surface area contributed by atoms with Gasteiger partial charge in [0.05, 0.1) is 17.0 Å². The van der Waals surface area contributed by atoms with Crippen LogP contribution in [0.5, 0.6) is 5.75 Å². The Labute approximate surface area is 339 Å². The van der Waals surface area contributed by atoms with Crippen molar-refractivity contribution in [2.45, 2.75) is 76.9 Å². The molecule has 4 unspecified atom stereocenters. The van der Waals surface area contributed by atoms with Crippen LogP contribution in [-0.2, 0) is 35.0 Å². The molecule has 6 amide bonds. The number of halogens is 1. The number of ether oxygens (including phenoxy) is 1. The summed E-state index contributed by atoms with van der Waals surface area (Å²) in [5, 5.41) is 6.49. The highest BCUT2D eigenvalue weighted by Crippen LogP contribution is 2.39. The number of carbonyl (C=O) groups is 7. The zero-order chi connectivity index (χ0) is 42.7. The number of hydrogen-bond donors (Lipinski definition) is 7. The second kappa shape index (κ2) is 20.4. The van der Waals surface area contributed by atoms with Crippen molar-refractivity contribution in [3.63, 3.8) is 0 Å². The molecule has 58 heavy (non-hydrogen) atoms. The average molecular weight is 846 g/mol. The molecular weight excluding hydrogens is 797 g/mol. The lowest BCUT2D eigenvalue weighted by molar-refractivity contribution is -0.129. The van der Waals surface area contributed by atoms with Gasteiger partial charge in [-0.15, -0.1) is 0 Å². The summed E-state index contributed by atoms with van der Waals surface area (Å²) >= 11 is 6.56. The number of benzene rings is 2. The molecule has 314 valence electrons. The minimum Gasteiger partial charge on any atom is -0.490 e. The summed E-state index contributed by atoms with van der Waals surface area (Å²) in [6, 6.07) is 9.10. The standard InChI is InChI=1S/C38H49ClN7O11P/c1-22(42-37(52)31-17-26-15-25(9-11-30(26)44-31)38(53)58(54,55)56)18-45(23(2)48)14-13-29-16-27(19-46(29)21-47)36(51)43-28(10-12-34(41)50)20-57-32-7-3-5-24(35(32)39)6-4-8-33(40)49/h3,5,7,9,11,15,17,21-22,27-29,44H,4,6,8,10,12-14,16,18-20H2,1-2H3,(H2,40,49)(H2,41,50)(H,42,52)(H,43,51)(H2,54,55,56). The number of carbonyl (C=O) groups excluding carboxylic acids is 7. The molecule has 18 nitrogen and oxygen atoms in total. The van der Waals surface area contributed by atoms with Crippen LogP contribution in [-0.4, -0.2) is 110 Å². The SMILES string of the molecule is CC(=O)N(CCC1CC(C(=O)NC(CCC(N)=O)COc2cccc(CCCC(N)=O)c2Cl)CN1C=O)CC(C)NC(=O)c1cc2cc(C(=O)P(=O)(O)O)ccc2[nH]1. The summed E-state index contributed by atoms with van der Waals surface area (Å²) in [6.45, 7) is 3.54. The molecule has 1 fully saturated rings. The lowest BCUT2D eigenvalue weighted by atomic mass is 10.0. The lowest BCUT2D eigenvalue weighted by Gasteiger charge is -2.28. The topological polar surface area (TPSA) is 285 Å². The van der Waals surface area contributed by atoms with Gasteiger partial charge in [0, 0.05) is 67.9 Å². The summed E-state index contributed by atoms with van der Waals surface area (Å²) in [5.41, 5.74) is 10.5. The Kier molecular flexibility index (Phi) is 16.0. The van der Waals surface area contributed by atoms with Gasteiger partial charge in [-0.25, -0.2) is 0 Å². The number of H-pyrrole nitrogens is 1. The van der Waals surface area contributed by atoms with Gasteiger partial charge in [0.25, 0.3) is 11.4 Å². The van der Waals surface area contributed by atoms with E-state index in [1.165, 1.54) is 41.0 Å². The maximum Gasteiger partial charge on any atom is 0.396 e. The van der Waals surface area contributed by atoms with Gasteiger partial charge in [0.2, 0.25) is 30.0 Å². The Bertz CT molecular complexity index is 2070. The van der Waals surface area contributed by atoms with Crippen molar-refractivity contribution in [2.75, 3.05) is 26.2 Å². The van der Waals surface area contributed by atoms with E-state index in [2.05, 4.69) is 15.6 Å². The smallest absolute Gasteiger partial charge is 0.396 e. The molecule has 1 aliphatic heterocycles. The molecule has 1 aromatic heterocycles. The second-order valence-corrected chi connectivity index (χ2v) is 16.3. The number of hydrogen-bond acceptors (Lipinski definition) is 9. The average Bonchev–Trinajstić information content (AvgIpc) is 3.78. The fourth-order valence-corrected chi connectivity index (χ4v) is 7.55. The maximum absolute atomic E-state index is 13.5. The number of aromatic nitrogens is 1. The predicted molar refractivity (Wildman–Crippen MR) is 213 cm³/mol. The van der Waals surface area contributed by atoms with Crippen LogP contribution in [0.1, 0.15) is 78.8 Å². The van der Waals surface area contributed by atoms with Crippen molar-refractivity contribution in [3.8, 4) is 5.75 Å². The third kappa shape index (κ3) is 12.9. The number of nitrogens with zero attached hydrogens (tertiary/aromatic N) is 2. The summed E-state index contributed by atoms with van der Waals surface area (Å²) < 4.78 is 17.4. The summed E-state index contributed by atoms with van der Waals surface area (Å²) in [5.74, 6) is -2.33. The van der Waals surface area contributed by atoms with Crippen molar-refractivity contribution in [1.82, 2.24) is 25.4 Å². The molecule has 0 bridgehead atoms. The molecule has 2 aromatic carbocycles. The molecule has 4 rings (SSSR count). The van der Waals surface area contributed by atoms with Gasteiger partial charge in [-0.2, -0.15) is 0 Å². The van der Waals surface area contributed by atoms with Gasteiger partial charge in [-0.3, -0.25) is 38.1 Å². The van der Waals surface area contributed by atoms with Crippen LogP contribution in [0.2, 0.25) is 5.02 Å². The summed E-state index contributed by atoms with van der Waals surface area (Å²) in [6.07, 6.45) is 2.72. The van der Waals surface area contributed by atoms with Gasteiger partial charge in [-0.1, -0.05) is 23.7 Å². The van der Waals surface area contributed by atoms with E-state index in [9.17, 15) is 47.9 Å². The second-order valence-electron chi connectivity index (χ2n) is 14.4. The Morgan fingerprint density at radius 1 is 1.09 bits per heavy atom. The fraction of sp³-hybridized carbons (Fsp3) is 0.447. The number of nitrogens with two attached hydrogens (primary N) is 2. The van der Waals surface area contributed by atoms with Crippen molar-refractivity contribution in [1.29, 1.82) is 0 Å². The third-order valence-electron chi connectivity index (χ3n) is 9.83. The zero-order valence-electron chi connectivity index (χ0n) is 32.1. The molecule has 9 N–H and O–H groups in total. The molecule has 4 atom stereocenters. The number of aryl methyl sites for hydroxylation is 1. The van der Waals surface area contributed by atoms with Crippen LogP contribution < -0.4 is 26.8 Å². The first-order valence-electron chi connectivity index (χ1n) is 18.6. The van der Waals surface area contributed by atoms with E-state index in [0.29, 0.717) is 53.8 Å². The normalized spacial score (nSPS) is 16.3. The van der Waals surface area contributed by atoms with Crippen molar-refractivity contribution in [2.24, 2.45) is 17.4 Å². The molecule has 0 radical (unpaired) electrons. The highest BCUT2D eigenvalue weighted by atomic mass is 35.5. The number of aromatic amines is 1. The van der Waals surface area contributed by atoms with Crippen LogP contribution in [0.3, 0.4) is 0 Å². The number of rotatable bonds is 22. The molecule has 0 saturated carbocycles. The number of likely N-dealkylation sites (tertiary alicyclic amines) is 1. The Hall–Kier alpha value is -5.29.